The highest BCUT2D eigenvalue weighted by atomic mass is 35.5. The molecule has 13 aromatic heterocycles. The first-order valence-corrected chi connectivity index (χ1v) is 50.0. The van der Waals surface area contributed by atoms with Crippen molar-refractivity contribution in [1.82, 2.24) is 88.6 Å². The normalized spacial score (nSPS) is 13.4. The number of rotatable bonds is 37. The van der Waals surface area contributed by atoms with Crippen LogP contribution in [0.4, 0.5) is 17.5 Å². The summed E-state index contributed by atoms with van der Waals surface area (Å²) in [5, 5.41) is 23.1. The standard InChI is InChI=1S/2C26H32N6OS.C16H18BN3O2S.C16H26ClN3O.C14H20Cl2N2O.C2H7N.CH4.ClH/c2*1-6-31(7-2)18(3)10-11-23(33)19-15-22(28-25(16-19)30(4)5)20-17-27-32-13-12-21(29-26(20)32)24-9-8-14-34-24;1-15(2)16(3,4)22-17(21-15)11-10-18-20-8-7-12(19-14(11)20)13-6-5-9-23-13;1-6-20(7-2)12(3)8-9-14(21)13-10-15(17)18-16(11-13)19(4)5;1-4-18(5-2)10(3)6-7-12(19)11-8-13(15)17-14(16)9-11;1-3-2;;/h2*8-9,12-18H,6-7,10-11H2,1-5H3;5-10H,1-4H3;10-12H,6-9H2,1-5H3;8-10H,4-7H2,1-3H3;3H,1-2H3;1H4;1H/t2*18-;;12-;10-;;;/m00.00.../s1. The van der Waals surface area contributed by atoms with Crippen LogP contribution < -0.4 is 25.5 Å². The Labute approximate surface area is 839 Å². The minimum absolute atomic E-state index is 0. The first-order valence-electron chi connectivity index (χ1n) is 46.2. The van der Waals surface area contributed by atoms with Crippen molar-refractivity contribution in [2.75, 3.05) is 123 Å². The van der Waals surface area contributed by atoms with E-state index in [0.717, 1.165) is 155 Å². The van der Waals surface area contributed by atoms with Crippen LogP contribution in [0.25, 0.3) is 71.2 Å². The van der Waals surface area contributed by atoms with E-state index < -0.39 is 7.12 Å². The Kier molecular flexibility index (Phi) is 45.3. The van der Waals surface area contributed by atoms with Crippen LogP contribution in [-0.2, 0) is 9.31 Å². The lowest BCUT2D eigenvalue weighted by Crippen LogP contribution is -2.41. The average molecular weight is 1990 g/mol. The number of pyridine rings is 4. The molecule has 0 amide bonds. The summed E-state index contributed by atoms with van der Waals surface area (Å²) in [6.07, 6.45) is 16.5. The van der Waals surface area contributed by atoms with Gasteiger partial charge in [0.1, 0.15) is 32.9 Å². The van der Waals surface area contributed by atoms with E-state index in [4.69, 9.17) is 69.0 Å². The van der Waals surface area contributed by atoms with Gasteiger partial charge < -0.3 is 48.9 Å². The lowest BCUT2D eigenvalue weighted by atomic mass is 9.81. The minimum atomic E-state index is -0.455. The zero-order chi connectivity index (χ0) is 97.8. The Morgan fingerprint density at radius 1 is 0.397 bits per heavy atom. The van der Waals surface area contributed by atoms with Gasteiger partial charge in [0.2, 0.25) is 0 Å². The van der Waals surface area contributed by atoms with Crippen molar-refractivity contribution in [3.05, 3.63) is 194 Å². The summed E-state index contributed by atoms with van der Waals surface area (Å²) in [7, 11) is 14.8. The lowest BCUT2D eigenvalue weighted by molar-refractivity contribution is 0.00578. The first kappa shape index (κ1) is 114. The number of Topliss-reactive ketones (excluding diaryl/α,β-unsaturated/α-hetero) is 4. The molecule has 1 aliphatic heterocycles. The zero-order valence-corrected chi connectivity index (χ0v) is 88.4. The SMILES string of the molecule is C.CC1(C)OB(c2cnn3ccc(-c4cccs4)nc23)OC1(C)C.CCN(CC)[C@@H](C)CCC(=O)c1cc(-c2cnn3ccc(-c4cccs4)nc23)nc(N(C)C)c1.CCN(CC)[C@@H](C)CCC(=O)c1cc(-c2cnn3ccc(-c4cccs4)nc23)nc(N(C)C)c1.CCN(CC)[C@@H](C)CCC(=O)c1cc(Cl)nc(Cl)c1.CCN(CC)[C@@H](C)CCC(=O)c1cc(Cl)nc(N(C)C)c1.CNC.Cl. The molecule has 0 aromatic carbocycles. The van der Waals surface area contributed by atoms with Gasteiger partial charge in [-0.05, 0) is 249 Å². The van der Waals surface area contributed by atoms with Crippen molar-refractivity contribution in [1.29, 1.82) is 0 Å². The van der Waals surface area contributed by atoms with Crippen LogP contribution in [0.5, 0.6) is 0 Å². The molecule has 0 spiro atoms. The number of hydrogen-bond donors (Lipinski definition) is 1. The van der Waals surface area contributed by atoms with E-state index >= 15 is 0 Å². The molecule has 0 bridgehead atoms. The molecule has 0 saturated carbocycles. The number of carbonyl (C=O) groups is 4. The number of thiophene rings is 3. The van der Waals surface area contributed by atoms with Crippen molar-refractivity contribution in [2.45, 2.75) is 205 Å². The summed E-state index contributed by atoms with van der Waals surface area (Å²) in [6.45, 7) is 42.1. The fourth-order valence-corrected chi connectivity index (χ4v) is 18.2. The fourth-order valence-electron chi connectivity index (χ4n) is 15.4. The van der Waals surface area contributed by atoms with E-state index in [9.17, 15) is 19.2 Å². The molecule has 14 rings (SSSR count). The average Bonchev–Trinajstić information content (AvgIpc) is 1.61. The van der Waals surface area contributed by atoms with Gasteiger partial charge in [0.15, 0.2) is 40.1 Å². The summed E-state index contributed by atoms with van der Waals surface area (Å²) in [6, 6.07) is 33.8. The monoisotopic (exact) mass is 1990 g/mol. The van der Waals surface area contributed by atoms with Gasteiger partial charge in [0.05, 0.1) is 84.0 Å². The Hall–Kier alpha value is -9.42. The summed E-state index contributed by atoms with van der Waals surface area (Å²) in [5.74, 6) is 2.65. The zero-order valence-electron chi connectivity index (χ0n) is 82.9. The number of carbonyl (C=O) groups excluding carboxylic acids is 4. The van der Waals surface area contributed by atoms with Crippen LogP contribution in [0.3, 0.4) is 0 Å². The van der Waals surface area contributed by atoms with Crippen LogP contribution >= 0.6 is 81.2 Å². The number of halogens is 4. The summed E-state index contributed by atoms with van der Waals surface area (Å²) in [5.41, 5.74) is 10.6. The van der Waals surface area contributed by atoms with Crippen molar-refractivity contribution >= 4 is 151 Å². The number of nitrogens with one attached hydrogen (secondary N) is 1. The topological polar surface area (TPSA) is 264 Å². The molecule has 1 N–H and O–H groups in total. The molecule has 136 heavy (non-hydrogen) atoms. The number of fused-ring (bicyclic) bond motifs is 3. The van der Waals surface area contributed by atoms with Gasteiger partial charge in [0, 0.05) is 138 Å². The third-order valence-corrected chi connectivity index (χ3v) is 27.5. The molecular formula is C101H140BCl4N21O6S3. The molecule has 0 radical (unpaired) electrons. The van der Waals surface area contributed by atoms with E-state index in [0.29, 0.717) is 94.5 Å². The predicted octanol–water partition coefficient (Wildman–Crippen LogP) is 21.8. The number of ketones is 4. The molecule has 14 heterocycles. The van der Waals surface area contributed by atoms with Gasteiger partial charge in [-0.15, -0.1) is 46.4 Å². The Bertz CT molecular complexity index is 5670. The third-order valence-electron chi connectivity index (χ3n) is 24.2. The quantitative estimate of drug-likeness (QED) is 0.0215. The van der Waals surface area contributed by atoms with Gasteiger partial charge in [-0.2, -0.15) is 15.3 Å². The molecule has 734 valence electrons. The second-order valence-electron chi connectivity index (χ2n) is 34.5. The second-order valence-corrected chi connectivity index (χ2v) is 38.5. The molecule has 1 fully saturated rings. The molecule has 4 atom stereocenters. The van der Waals surface area contributed by atoms with Crippen molar-refractivity contribution in [2.24, 2.45) is 0 Å². The second kappa shape index (κ2) is 54.2. The van der Waals surface area contributed by atoms with Crippen LogP contribution in [-0.4, -0.2) is 258 Å². The van der Waals surface area contributed by atoms with Gasteiger partial charge in [-0.1, -0.05) is 116 Å². The van der Waals surface area contributed by atoms with E-state index in [-0.39, 0.29) is 64.5 Å². The largest absolute Gasteiger partial charge is 0.500 e. The van der Waals surface area contributed by atoms with Crippen LogP contribution in [0.15, 0.2) is 156 Å². The number of hydrogen-bond acceptors (Lipinski definition) is 27. The minimum Gasteiger partial charge on any atom is -0.399 e. The number of aromatic nitrogens is 13. The van der Waals surface area contributed by atoms with Crippen LogP contribution in [0.1, 0.15) is 211 Å². The maximum absolute atomic E-state index is 13.2. The van der Waals surface area contributed by atoms with E-state index in [1.165, 1.54) is 0 Å². The van der Waals surface area contributed by atoms with Gasteiger partial charge in [-0.25, -0.2) is 48.4 Å². The molecule has 1 saturated heterocycles. The maximum Gasteiger partial charge on any atom is 0.500 e. The van der Waals surface area contributed by atoms with Gasteiger partial charge >= 0.3 is 7.12 Å². The van der Waals surface area contributed by atoms with E-state index in [2.05, 4.69) is 151 Å². The maximum atomic E-state index is 13.2. The Morgan fingerprint density at radius 2 is 0.669 bits per heavy atom. The van der Waals surface area contributed by atoms with E-state index in [1.54, 1.807) is 90.4 Å². The molecular weight excluding hydrogens is 1850 g/mol. The Balaban J connectivity index is 0.000000234. The third kappa shape index (κ3) is 30.8. The fraction of sp³-hybridized carbons (Fsp3) is 0.465. The molecule has 27 nitrogen and oxygen atoms in total. The van der Waals surface area contributed by atoms with E-state index in [1.807, 2.05) is 194 Å². The highest BCUT2D eigenvalue weighted by Gasteiger charge is 2.53. The van der Waals surface area contributed by atoms with Gasteiger partial charge in [-0.3, -0.25) is 19.2 Å². The van der Waals surface area contributed by atoms with Crippen molar-refractivity contribution < 1.29 is 28.5 Å². The van der Waals surface area contributed by atoms with Crippen LogP contribution in [0.2, 0.25) is 15.5 Å². The smallest absolute Gasteiger partial charge is 0.399 e. The molecule has 0 unspecified atom stereocenters. The molecule has 13 aromatic rings. The summed E-state index contributed by atoms with van der Waals surface area (Å²) < 4.78 is 17.5. The predicted molar refractivity (Wildman–Crippen MR) is 570 cm³/mol. The number of anilines is 3. The molecule has 0 aliphatic carbocycles. The Morgan fingerprint density at radius 3 is 0.963 bits per heavy atom. The lowest BCUT2D eigenvalue weighted by Gasteiger charge is -2.32. The van der Waals surface area contributed by atoms with Crippen molar-refractivity contribution in [3.63, 3.8) is 0 Å². The highest BCUT2D eigenvalue weighted by molar-refractivity contribution is 7.14. The summed E-state index contributed by atoms with van der Waals surface area (Å²) >= 11 is 22.6. The number of nitrogens with zero attached hydrogens (tertiary/aromatic N) is 20. The highest BCUT2D eigenvalue weighted by Crippen LogP contribution is 2.38. The molecule has 1 aliphatic rings. The first-order chi connectivity index (χ1) is 64.0. The van der Waals surface area contributed by atoms with Crippen molar-refractivity contribution in [3.8, 4) is 54.2 Å². The summed E-state index contributed by atoms with van der Waals surface area (Å²) in [4.78, 5) is 102. The molecule has 35 heteroatoms. The van der Waals surface area contributed by atoms with Gasteiger partial charge in [0.25, 0.3) is 0 Å². The van der Waals surface area contributed by atoms with Crippen LogP contribution in [0, 0.1) is 0 Å².